The Morgan fingerprint density at radius 1 is 0.938 bits per heavy atom. The van der Waals surface area contributed by atoms with Gasteiger partial charge < -0.3 is 0 Å². The van der Waals surface area contributed by atoms with Crippen LogP contribution in [0, 0.1) is 17.7 Å². The number of benzene rings is 1. The molecular formula is C15H23F. The molecule has 90 valence electrons. The monoisotopic (exact) mass is 222 g/mol. The Labute approximate surface area is 98.9 Å². The van der Waals surface area contributed by atoms with Crippen molar-refractivity contribution in [1.29, 1.82) is 0 Å². The topological polar surface area (TPSA) is 0 Å². The summed E-state index contributed by atoms with van der Waals surface area (Å²) in [6.45, 7) is 8.74. The van der Waals surface area contributed by atoms with Crippen LogP contribution in [0.25, 0.3) is 0 Å². The van der Waals surface area contributed by atoms with Gasteiger partial charge in [0.15, 0.2) is 0 Å². The molecule has 0 radical (unpaired) electrons. The maximum Gasteiger partial charge on any atom is 0.123 e. The molecule has 0 saturated heterocycles. The zero-order valence-electron chi connectivity index (χ0n) is 10.9. The second kappa shape index (κ2) is 6.03. The van der Waals surface area contributed by atoms with Crippen LogP contribution in [0.3, 0.4) is 0 Å². The molecule has 0 atom stereocenters. The van der Waals surface area contributed by atoms with Crippen molar-refractivity contribution in [2.45, 2.75) is 47.0 Å². The average molecular weight is 222 g/mol. The van der Waals surface area contributed by atoms with Crippen LogP contribution in [0.15, 0.2) is 18.2 Å². The zero-order chi connectivity index (χ0) is 12.1. The van der Waals surface area contributed by atoms with Crippen molar-refractivity contribution in [3.8, 4) is 0 Å². The first-order valence-corrected chi connectivity index (χ1v) is 6.25. The lowest BCUT2D eigenvalue weighted by molar-refractivity contribution is 0.578. The number of aryl methyl sites for hydroxylation is 1. The number of hydrogen-bond acceptors (Lipinski definition) is 0. The van der Waals surface area contributed by atoms with Crippen molar-refractivity contribution in [1.82, 2.24) is 0 Å². The predicted molar refractivity (Wildman–Crippen MR) is 68.1 cm³/mol. The Hall–Kier alpha value is -0.850. The van der Waals surface area contributed by atoms with E-state index in [2.05, 4.69) is 33.8 Å². The van der Waals surface area contributed by atoms with Gasteiger partial charge in [0.05, 0.1) is 0 Å². The summed E-state index contributed by atoms with van der Waals surface area (Å²) in [4.78, 5) is 0. The third kappa shape index (κ3) is 4.78. The van der Waals surface area contributed by atoms with E-state index in [0.29, 0.717) is 11.8 Å². The predicted octanol–water partition coefficient (Wildman–Crippen LogP) is 4.61. The normalized spacial score (nSPS) is 11.4. The highest BCUT2D eigenvalue weighted by Crippen LogP contribution is 2.16. The third-order valence-electron chi connectivity index (χ3n) is 2.67. The Bertz CT molecular complexity index is 326. The lowest BCUT2D eigenvalue weighted by atomic mass is 9.97. The SMILES string of the molecule is CC(C)CCc1cc(F)cc(CC(C)C)c1. The van der Waals surface area contributed by atoms with E-state index in [1.807, 2.05) is 0 Å². The molecule has 1 rings (SSSR count). The molecule has 0 fully saturated rings. The molecule has 0 saturated carbocycles. The molecule has 0 aliphatic heterocycles. The first-order chi connectivity index (χ1) is 7.47. The standard InChI is InChI=1S/C15H23F/c1-11(2)5-6-13-8-14(7-12(3)4)10-15(16)9-13/h8-12H,5-7H2,1-4H3. The second-order valence-electron chi connectivity index (χ2n) is 5.50. The maximum atomic E-state index is 13.4. The Morgan fingerprint density at radius 3 is 2.12 bits per heavy atom. The molecule has 1 heteroatoms. The summed E-state index contributed by atoms with van der Waals surface area (Å²) in [6.07, 6.45) is 3.08. The lowest BCUT2D eigenvalue weighted by Crippen LogP contribution is -1.98. The van der Waals surface area contributed by atoms with E-state index in [0.717, 1.165) is 30.4 Å². The third-order valence-corrected chi connectivity index (χ3v) is 2.67. The largest absolute Gasteiger partial charge is 0.207 e. The molecule has 0 aliphatic carbocycles. The summed E-state index contributed by atoms with van der Waals surface area (Å²) in [6, 6.07) is 5.50. The van der Waals surface area contributed by atoms with Gasteiger partial charge in [0.1, 0.15) is 5.82 Å². The van der Waals surface area contributed by atoms with E-state index in [4.69, 9.17) is 0 Å². The van der Waals surface area contributed by atoms with Gasteiger partial charge in [-0.05, 0) is 54.4 Å². The molecular weight excluding hydrogens is 199 g/mol. The lowest BCUT2D eigenvalue weighted by Gasteiger charge is -2.09. The van der Waals surface area contributed by atoms with Gasteiger partial charge in [0, 0.05) is 0 Å². The van der Waals surface area contributed by atoms with Gasteiger partial charge in [-0.3, -0.25) is 0 Å². The van der Waals surface area contributed by atoms with Crippen LogP contribution in [0.5, 0.6) is 0 Å². The summed E-state index contributed by atoms with van der Waals surface area (Å²) in [5, 5.41) is 0. The van der Waals surface area contributed by atoms with E-state index >= 15 is 0 Å². The minimum Gasteiger partial charge on any atom is -0.207 e. The van der Waals surface area contributed by atoms with E-state index in [9.17, 15) is 4.39 Å². The van der Waals surface area contributed by atoms with E-state index < -0.39 is 0 Å². The van der Waals surface area contributed by atoms with Crippen LogP contribution in [0.1, 0.15) is 45.2 Å². The highest BCUT2D eigenvalue weighted by molar-refractivity contribution is 5.25. The van der Waals surface area contributed by atoms with Gasteiger partial charge in [0.25, 0.3) is 0 Å². The summed E-state index contributed by atoms with van der Waals surface area (Å²) in [5.41, 5.74) is 2.28. The highest BCUT2D eigenvalue weighted by atomic mass is 19.1. The van der Waals surface area contributed by atoms with Crippen LogP contribution in [-0.4, -0.2) is 0 Å². The Morgan fingerprint density at radius 2 is 1.56 bits per heavy atom. The van der Waals surface area contributed by atoms with Crippen molar-refractivity contribution in [2.75, 3.05) is 0 Å². The van der Waals surface area contributed by atoms with Crippen molar-refractivity contribution < 1.29 is 4.39 Å². The molecule has 0 heterocycles. The molecule has 0 aromatic heterocycles. The molecule has 1 aromatic carbocycles. The quantitative estimate of drug-likeness (QED) is 0.682. The summed E-state index contributed by atoms with van der Waals surface area (Å²) >= 11 is 0. The number of rotatable bonds is 5. The second-order valence-corrected chi connectivity index (χ2v) is 5.50. The fraction of sp³-hybridized carbons (Fsp3) is 0.600. The van der Waals surface area contributed by atoms with Crippen LogP contribution in [0.2, 0.25) is 0 Å². The van der Waals surface area contributed by atoms with Crippen LogP contribution in [0.4, 0.5) is 4.39 Å². The highest BCUT2D eigenvalue weighted by Gasteiger charge is 2.04. The minimum absolute atomic E-state index is 0.0862. The van der Waals surface area contributed by atoms with Crippen LogP contribution in [-0.2, 0) is 12.8 Å². The fourth-order valence-electron chi connectivity index (χ4n) is 1.91. The number of halogens is 1. The molecule has 16 heavy (non-hydrogen) atoms. The molecule has 0 bridgehead atoms. The van der Waals surface area contributed by atoms with E-state index in [1.54, 1.807) is 12.1 Å². The Kier molecular flexibility index (Phi) is 4.98. The molecule has 0 aliphatic rings. The Balaban J connectivity index is 2.73. The number of hydrogen-bond donors (Lipinski definition) is 0. The first-order valence-electron chi connectivity index (χ1n) is 6.25. The smallest absolute Gasteiger partial charge is 0.123 e. The van der Waals surface area contributed by atoms with Crippen LogP contribution < -0.4 is 0 Å². The maximum absolute atomic E-state index is 13.4. The van der Waals surface area contributed by atoms with Crippen LogP contribution >= 0.6 is 0 Å². The molecule has 0 N–H and O–H groups in total. The van der Waals surface area contributed by atoms with Gasteiger partial charge in [0.2, 0.25) is 0 Å². The van der Waals surface area contributed by atoms with Gasteiger partial charge in [-0.2, -0.15) is 0 Å². The zero-order valence-corrected chi connectivity index (χ0v) is 10.9. The van der Waals surface area contributed by atoms with Crippen molar-refractivity contribution in [2.24, 2.45) is 11.8 Å². The molecule has 0 unspecified atom stereocenters. The van der Waals surface area contributed by atoms with Gasteiger partial charge >= 0.3 is 0 Å². The minimum atomic E-state index is -0.0862. The van der Waals surface area contributed by atoms with Crippen molar-refractivity contribution in [3.63, 3.8) is 0 Å². The summed E-state index contributed by atoms with van der Waals surface area (Å²) in [7, 11) is 0. The van der Waals surface area contributed by atoms with Gasteiger partial charge in [-0.15, -0.1) is 0 Å². The summed E-state index contributed by atoms with van der Waals surface area (Å²) in [5.74, 6) is 1.17. The molecule has 0 spiro atoms. The molecule has 1 aromatic rings. The van der Waals surface area contributed by atoms with E-state index in [-0.39, 0.29) is 5.82 Å². The first kappa shape index (κ1) is 13.2. The molecule has 0 nitrogen and oxygen atoms in total. The van der Waals surface area contributed by atoms with Gasteiger partial charge in [-0.25, -0.2) is 4.39 Å². The van der Waals surface area contributed by atoms with Gasteiger partial charge in [-0.1, -0.05) is 33.8 Å². The van der Waals surface area contributed by atoms with E-state index in [1.165, 1.54) is 0 Å². The summed E-state index contributed by atoms with van der Waals surface area (Å²) < 4.78 is 13.4. The van der Waals surface area contributed by atoms with Crippen molar-refractivity contribution >= 4 is 0 Å². The average Bonchev–Trinajstić information content (AvgIpc) is 2.12. The van der Waals surface area contributed by atoms with Crippen molar-refractivity contribution in [3.05, 3.63) is 35.1 Å². The fourth-order valence-corrected chi connectivity index (χ4v) is 1.91. The molecule has 0 amide bonds.